The van der Waals surface area contributed by atoms with E-state index in [0.29, 0.717) is 13.2 Å². The van der Waals surface area contributed by atoms with Crippen LogP contribution in [0.2, 0.25) is 0 Å². The second-order valence-corrected chi connectivity index (χ2v) is 5.48. The highest BCUT2D eigenvalue weighted by molar-refractivity contribution is 6.77. The van der Waals surface area contributed by atoms with Crippen molar-refractivity contribution in [2.24, 2.45) is 0 Å². The Hall–Kier alpha value is -0.463. The van der Waals surface area contributed by atoms with Gasteiger partial charge in [-0.15, -0.1) is 13.2 Å². The molecule has 0 atom stereocenters. The zero-order valence-electron chi connectivity index (χ0n) is 9.53. The molecular weight excluding hydrogens is 212 g/mol. The summed E-state index contributed by atoms with van der Waals surface area (Å²) in [6.07, 6.45) is 0. The zero-order valence-corrected chi connectivity index (χ0v) is 10.5. The zero-order chi connectivity index (χ0) is 11.6. The van der Waals surface area contributed by atoms with Crippen LogP contribution in [0.25, 0.3) is 0 Å². The van der Waals surface area contributed by atoms with Gasteiger partial charge < -0.3 is 18.3 Å². The summed E-state index contributed by atoms with van der Waals surface area (Å²) < 4.78 is 21.2. The molecule has 0 aromatic carbocycles. The molecule has 0 unspecified atom stereocenters. The van der Waals surface area contributed by atoms with E-state index in [2.05, 4.69) is 13.2 Å². The molecule has 0 bridgehead atoms. The van der Waals surface area contributed by atoms with E-state index in [1.165, 1.54) is 0 Å². The van der Waals surface area contributed by atoms with Crippen LogP contribution in [0.1, 0.15) is 13.8 Å². The lowest BCUT2D eigenvalue weighted by Crippen LogP contribution is -2.40. The lowest BCUT2D eigenvalue weighted by Gasteiger charge is -2.23. The molecule has 0 saturated carbocycles. The largest absolute Gasteiger partial charge is 0.394 e. The molecule has 0 aliphatic heterocycles. The first-order chi connectivity index (χ1) is 7.24. The maximum Gasteiger partial charge on any atom is 0.394 e. The van der Waals surface area contributed by atoms with E-state index in [9.17, 15) is 0 Å². The average Bonchev–Trinajstić information content (AvgIpc) is 2.28. The van der Waals surface area contributed by atoms with Crippen molar-refractivity contribution in [3.8, 4) is 0 Å². The van der Waals surface area contributed by atoms with Crippen molar-refractivity contribution >= 4 is 8.56 Å². The third-order valence-electron chi connectivity index (χ3n) is 1.71. The Balaban J connectivity index is 4.05. The van der Waals surface area contributed by atoms with E-state index in [-0.39, 0.29) is 13.6 Å². The molecule has 0 aliphatic rings. The molecule has 0 radical (unpaired) electrons. The number of rotatable bonds is 10. The number of ether oxygens (including phenoxy) is 2. The Morgan fingerprint density at radius 3 is 1.60 bits per heavy atom. The highest BCUT2D eigenvalue weighted by Gasteiger charge is 2.30. The fraction of sp³-hybridized carbons (Fsp3) is 0.600. The molecule has 0 fully saturated rings. The molecule has 15 heavy (non-hydrogen) atoms. The fourth-order valence-corrected chi connectivity index (χ4v) is 2.05. The van der Waals surface area contributed by atoms with E-state index in [0.717, 1.165) is 0 Å². The van der Waals surface area contributed by atoms with Crippen molar-refractivity contribution in [2.75, 3.05) is 26.8 Å². The molecule has 0 saturated heterocycles. The average molecular weight is 232 g/mol. The van der Waals surface area contributed by atoms with E-state index >= 15 is 0 Å². The van der Waals surface area contributed by atoms with Gasteiger partial charge in [-0.2, -0.15) is 0 Å². The van der Waals surface area contributed by atoms with Gasteiger partial charge in [0.05, 0.1) is 0 Å². The topological polar surface area (TPSA) is 36.9 Å². The molecule has 5 heteroatoms. The van der Waals surface area contributed by atoms with Crippen LogP contribution >= 0.6 is 0 Å². The predicted molar refractivity (Wildman–Crippen MR) is 61.3 cm³/mol. The molecule has 0 heterocycles. The van der Waals surface area contributed by atoms with Crippen LogP contribution in [0.3, 0.4) is 0 Å². The summed E-state index contributed by atoms with van der Waals surface area (Å²) in [5, 5.41) is 0. The van der Waals surface area contributed by atoms with Gasteiger partial charge in [0.1, 0.15) is 13.6 Å². The van der Waals surface area contributed by atoms with Crippen LogP contribution in [-0.2, 0) is 18.3 Å². The summed E-state index contributed by atoms with van der Waals surface area (Å²) in [7, 11) is -2.54. The van der Waals surface area contributed by atoms with Crippen molar-refractivity contribution < 1.29 is 18.3 Å². The molecule has 0 aromatic rings. The summed E-state index contributed by atoms with van der Waals surface area (Å²) in [5.41, 5.74) is 3.30. The molecular formula is C10H20O4Si. The molecule has 0 amide bonds. The Morgan fingerprint density at radius 2 is 1.33 bits per heavy atom. The van der Waals surface area contributed by atoms with E-state index in [1.807, 2.05) is 13.8 Å². The van der Waals surface area contributed by atoms with Crippen molar-refractivity contribution in [2.45, 2.75) is 13.8 Å². The van der Waals surface area contributed by atoms with Gasteiger partial charge in [-0.1, -0.05) is 0 Å². The first kappa shape index (κ1) is 14.5. The summed E-state index contributed by atoms with van der Waals surface area (Å²) >= 11 is 0. The van der Waals surface area contributed by atoms with Gasteiger partial charge in [-0.25, -0.2) is 0 Å². The maximum absolute atomic E-state index is 5.49. The van der Waals surface area contributed by atoms with E-state index in [1.54, 1.807) is 11.4 Å². The van der Waals surface area contributed by atoms with Crippen molar-refractivity contribution in [3.05, 3.63) is 24.6 Å². The second-order valence-electron chi connectivity index (χ2n) is 2.64. The highest BCUT2D eigenvalue weighted by Crippen LogP contribution is 2.10. The molecule has 0 rings (SSSR count). The van der Waals surface area contributed by atoms with Gasteiger partial charge >= 0.3 is 8.56 Å². The van der Waals surface area contributed by atoms with Crippen molar-refractivity contribution in [3.63, 3.8) is 0 Å². The van der Waals surface area contributed by atoms with E-state index < -0.39 is 8.56 Å². The van der Waals surface area contributed by atoms with Crippen LogP contribution in [0, 0.1) is 0 Å². The summed E-state index contributed by atoms with van der Waals surface area (Å²) in [6, 6.07) is 0. The van der Waals surface area contributed by atoms with Gasteiger partial charge in [0.15, 0.2) is 0 Å². The highest BCUT2D eigenvalue weighted by atomic mass is 28.4. The van der Waals surface area contributed by atoms with Gasteiger partial charge in [0.25, 0.3) is 0 Å². The molecule has 0 aromatic heterocycles. The third-order valence-corrected chi connectivity index (χ3v) is 3.99. The fourth-order valence-electron chi connectivity index (χ4n) is 0.795. The summed E-state index contributed by atoms with van der Waals surface area (Å²) in [5.74, 6) is 0. The normalized spacial score (nSPS) is 11.3. The maximum atomic E-state index is 5.49. The van der Waals surface area contributed by atoms with Gasteiger partial charge in [0, 0.05) is 13.2 Å². The Labute approximate surface area is 92.7 Å². The van der Waals surface area contributed by atoms with Crippen LogP contribution in [0.4, 0.5) is 0 Å². The lowest BCUT2D eigenvalue weighted by molar-refractivity contribution is -0.0329. The third kappa shape index (κ3) is 5.86. The van der Waals surface area contributed by atoms with Crippen LogP contribution in [0.5, 0.6) is 0 Å². The first-order valence-electron chi connectivity index (χ1n) is 4.95. The van der Waals surface area contributed by atoms with Crippen LogP contribution in [-0.4, -0.2) is 35.4 Å². The number of hydrogen-bond acceptors (Lipinski definition) is 4. The minimum absolute atomic E-state index is 0.187. The molecule has 4 nitrogen and oxygen atoms in total. The predicted octanol–water partition coefficient (Wildman–Crippen LogP) is 1.90. The lowest BCUT2D eigenvalue weighted by atomic mass is 10.9. The van der Waals surface area contributed by atoms with Gasteiger partial charge in [-0.05, 0) is 25.2 Å². The monoisotopic (exact) mass is 232 g/mol. The Bertz CT molecular complexity index is 164. The molecule has 0 N–H and O–H groups in total. The Kier molecular flexibility index (Phi) is 8.54. The minimum Gasteiger partial charge on any atom is -0.364 e. The van der Waals surface area contributed by atoms with Gasteiger partial charge in [0.2, 0.25) is 0 Å². The second kappa shape index (κ2) is 8.81. The smallest absolute Gasteiger partial charge is 0.364 e. The number of hydrogen-bond donors (Lipinski definition) is 0. The van der Waals surface area contributed by atoms with Crippen LogP contribution < -0.4 is 0 Å². The molecule has 0 spiro atoms. The molecule has 0 aliphatic carbocycles. The standard InChI is InChI=1S/C10H20O4Si/c1-5-11-9-13-15(7-3,8-4)14-10-12-6-2/h7-8H,3-6,9-10H2,1-2H3. The summed E-state index contributed by atoms with van der Waals surface area (Å²) in [6.45, 7) is 12.8. The SMILES string of the molecule is C=C[Si](C=C)(OCOCC)OCOCC. The summed E-state index contributed by atoms with van der Waals surface area (Å²) in [4.78, 5) is 0. The first-order valence-corrected chi connectivity index (χ1v) is 6.92. The quantitative estimate of drug-likeness (QED) is 0.327. The van der Waals surface area contributed by atoms with Crippen LogP contribution in [0.15, 0.2) is 24.6 Å². The Morgan fingerprint density at radius 1 is 0.933 bits per heavy atom. The van der Waals surface area contributed by atoms with Crippen molar-refractivity contribution in [1.29, 1.82) is 0 Å². The van der Waals surface area contributed by atoms with Crippen molar-refractivity contribution in [1.82, 2.24) is 0 Å². The van der Waals surface area contributed by atoms with E-state index in [4.69, 9.17) is 18.3 Å². The minimum atomic E-state index is -2.54. The molecule has 88 valence electrons. The van der Waals surface area contributed by atoms with Gasteiger partial charge in [-0.3, -0.25) is 0 Å².